The normalized spacial score (nSPS) is 19.2. The van der Waals surface area contributed by atoms with E-state index >= 15 is 0 Å². The van der Waals surface area contributed by atoms with Gasteiger partial charge < -0.3 is 24.4 Å². The molecule has 33 heavy (non-hydrogen) atoms. The lowest BCUT2D eigenvalue weighted by atomic mass is 10.1. The summed E-state index contributed by atoms with van der Waals surface area (Å²) in [4.78, 5) is 7.46. The third-order valence-corrected chi connectivity index (χ3v) is 6.82. The summed E-state index contributed by atoms with van der Waals surface area (Å²) in [6.07, 6.45) is 7.41. The summed E-state index contributed by atoms with van der Waals surface area (Å²) in [7, 11) is 1.70. The molecule has 3 heterocycles. The molecule has 0 amide bonds. The van der Waals surface area contributed by atoms with E-state index < -0.39 is 0 Å². The molecular weight excluding hydrogens is 414 g/mol. The summed E-state index contributed by atoms with van der Waals surface area (Å²) in [6.45, 7) is 5.86. The highest BCUT2D eigenvalue weighted by molar-refractivity contribution is 6.08. The lowest BCUT2D eigenvalue weighted by Gasteiger charge is -2.24. The van der Waals surface area contributed by atoms with Crippen LogP contribution in [0.3, 0.4) is 0 Å². The van der Waals surface area contributed by atoms with Crippen LogP contribution in [0.15, 0.2) is 36.4 Å². The van der Waals surface area contributed by atoms with Crippen molar-refractivity contribution in [1.29, 1.82) is 0 Å². The van der Waals surface area contributed by atoms with Crippen LogP contribution in [0.25, 0.3) is 21.8 Å². The van der Waals surface area contributed by atoms with Crippen molar-refractivity contribution in [3.05, 3.63) is 36.4 Å². The number of methoxy groups -OCH3 is 1. The number of ether oxygens (including phenoxy) is 3. The molecule has 2 aromatic carbocycles. The average Bonchev–Trinajstić information content (AvgIpc) is 3.38. The van der Waals surface area contributed by atoms with E-state index in [9.17, 15) is 0 Å². The molecule has 0 spiro atoms. The van der Waals surface area contributed by atoms with E-state index in [4.69, 9.17) is 19.2 Å². The highest BCUT2D eigenvalue weighted by atomic mass is 16.5. The average molecular weight is 450 g/mol. The molecule has 1 aromatic heterocycles. The molecule has 0 bridgehead atoms. The summed E-state index contributed by atoms with van der Waals surface area (Å²) in [6, 6.07) is 12.4. The Kier molecular flexibility index (Phi) is 7.12. The number of nitrogens with zero attached hydrogens (tertiary/aromatic N) is 2. The van der Waals surface area contributed by atoms with Crippen molar-refractivity contribution in [2.24, 2.45) is 0 Å². The Morgan fingerprint density at radius 3 is 2.73 bits per heavy atom. The number of fused-ring (bicyclic) bond motifs is 2. The number of aromatic nitrogens is 1. The molecule has 2 aliphatic heterocycles. The van der Waals surface area contributed by atoms with Crippen LogP contribution in [-0.2, 0) is 4.74 Å². The minimum Gasteiger partial charge on any atom is -0.493 e. The zero-order valence-electron chi connectivity index (χ0n) is 19.6. The highest BCUT2D eigenvalue weighted by Crippen LogP contribution is 2.38. The summed E-state index contributed by atoms with van der Waals surface area (Å²) >= 11 is 0. The predicted octanol–water partition coefficient (Wildman–Crippen LogP) is 5.24. The first-order chi connectivity index (χ1) is 16.3. The maximum absolute atomic E-state index is 6.17. The molecule has 1 N–H and O–H groups in total. The van der Waals surface area contributed by atoms with Crippen LogP contribution in [0.4, 0.5) is 5.69 Å². The standard InChI is InChI=1S/C27H35N3O3/c1-31-25-17-22-24(18-26(25)33-16-8-14-30-12-5-6-13-30)29-23-11-3-2-10-21(23)27(22)28-19-20-9-4-7-15-32-20/h2-3,10-11,17-18,20H,4-9,12-16,19H2,1H3,(H,28,29). The molecule has 6 nitrogen and oxygen atoms in total. The van der Waals surface area contributed by atoms with Crippen LogP contribution in [-0.4, -0.2) is 62.5 Å². The molecule has 2 fully saturated rings. The SMILES string of the molecule is COc1cc2c(NCC3CCCCO3)c3ccccc3nc2cc1OCCCN1CCCC1. The Balaban J connectivity index is 1.40. The zero-order valence-corrected chi connectivity index (χ0v) is 19.6. The molecule has 2 saturated heterocycles. The Morgan fingerprint density at radius 2 is 1.91 bits per heavy atom. The maximum atomic E-state index is 6.17. The van der Waals surface area contributed by atoms with Crippen LogP contribution in [0.5, 0.6) is 11.5 Å². The van der Waals surface area contributed by atoms with Crippen molar-refractivity contribution in [1.82, 2.24) is 9.88 Å². The van der Waals surface area contributed by atoms with Gasteiger partial charge >= 0.3 is 0 Å². The molecular formula is C27H35N3O3. The fourth-order valence-corrected chi connectivity index (χ4v) is 5.02. The topological polar surface area (TPSA) is 55.9 Å². The highest BCUT2D eigenvalue weighted by Gasteiger charge is 2.18. The van der Waals surface area contributed by atoms with E-state index in [2.05, 4.69) is 34.5 Å². The molecule has 3 aromatic rings. The van der Waals surface area contributed by atoms with E-state index in [0.717, 1.165) is 78.0 Å². The first kappa shape index (κ1) is 22.2. The molecule has 6 heteroatoms. The van der Waals surface area contributed by atoms with Crippen LogP contribution >= 0.6 is 0 Å². The Bertz CT molecular complexity index is 1080. The predicted molar refractivity (Wildman–Crippen MR) is 134 cm³/mol. The van der Waals surface area contributed by atoms with Crippen molar-refractivity contribution in [3.8, 4) is 11.5 Å². The smallest absolute Gasteiger partial charge is 0.163 e. The van der Waals surface area contributed by atoms with E-state index in [-0.39, 0.29) is 6.10 Å². The van der Waals surface area contributed by atoms with Gasteiger partial charge in [0.05, 0.1) is 36.5 Å². The van der Waals surface area contributed by atoms with Crippen LogP contribution in [0.2, 0.25) is 0 Å². The van der Waals surface area contributed by atoms with Crippen molar-refractivity contribution in [3.63, 3.8) is 0 Å². The number of anilines is 1. The van der Waals surface area contributed by atoms with Crippen LogP contribution in [0, 0.1) is 0 Å². The van der Waals surface area contributed by atoms with Crippen molar-refractivity contribution in [2.75, 3.05) is 51.8 Å². The van der Waals surface area contributed by atoms with Gasteiger partial charge in [0, 0.05) is 36.5 Å². The first-order valence-electron chi connectivity index (χ1n) is 12.4. The molecule has 1 unspecified atom stereocenters. The van der Waals surface area contributed by atoms with Crippen molar-refractivity contribution in [2.45, 2.75) is 44.6 Å². The summed E-state index contributed by atoms with van der Waals surface area (Å²) in [5.41, 5.74) is 2.97. The number of nitrogens with one attached hydrogen (secondary N) is 1. The maximum Gasteiger partial charge on any atom is 0.163 e. The Labute approximate surface area is 196 Å². The fourth-order valence-electron chi connectivity index (χ4n) is 5.02. The Morgan fingerprint density at radius 1 is 1.03 bits per heavy atom. The molecule has 176 valence electrons. The van der Waals surface area contributed by atoms with Gasteiger partial charge in [-0.05, 0) is 63.7 Å². The van der Waals surface area contributed by atoms with Gasteiger partial charge in [-0.3, -0.25) is 0 Å². The molecule has 0 radical (unpaired) electrons. The quantitative estimate of drug-likeness (QED) is 0.356. The minimum atomic E-state index is 0.251. The summed E-state index contributed by atoms with van der Waals surface area (Å²) < 4.78 is 17.9. The lowest BCUT2D eigenvalue weighted by Crippen LogP contribution is -2.27. The second kappa shape index (κ2) is 10.6. The molecule has 1 atom stereocenters. The second-order valence-corrected chi connectivity index (χ2v) is 9.14. The van der Waals surface area contributed by atoms with Gasteiger partial charge in [-0.15, -0.1) is 0 Å². The van der Waals surface area contributed by atoms with E-state index in [1.54, 1.807) is 7.11 Å². The number of rotatable bonds is 9. The van der Waals surface area contributed by atoms with Crippen molar-refractivity contribution >= 4 is 27.5 Å². The minimum absolute atomic E-state index is 0.251. The first-order valence-corrected chi connectivity index (χ1v) is 12.4. The number of benzene rings is 2. The fraction of sp³-hybridized carbons (Fsp3) is 0.519. The Hall–Kier alpha value is -2.57. The largest absolute Gasteiger partial charge is 0.493 e. The number of likely N-dealkylation sites (tertiary alicyclic amines) is 1. The van der Waals surface area contributed by atoms with Crippen LogP contribution < -0.4 is 14.8 Å². The monoisotopic (exact) mass is 449 g/mol. The number of hydrogen-bond acceptors (Lipinski definition) is 6. The number of para-hydroxylation sites is 1. The van der Waals surface area contributed by atoms with Gasteiger partial charge in [-0.2, -0.15) is 0 Å². The van der Waals surface area contributed by atoms with Crippen molar-refractivity contribution < 1.29 is 14.2 Å². The summed E-state index contributed by atoms with van der Waals surface area (Å²) in [5, 5.41) is 5.85. The zero-order chi connectivity index (χ0) is 22.5. The summed E-state index contributed by atoms with van der Waals surface area (Å²) in [5.74, 6) is 1.51. The second-order valence-electron chi connectivity index (χ2n) is 9.14. The van der Waals surface area contributed by atoms with Gasteiger partial charge in [0.25, 0.3) is 0 Å². The van der Waals surface area contributed by atoms with Gasteiger partial charge in [0.1, 0.15) is 0 Å². The van der Waals surface area contributed by atoms with Crippen LogP contribution in [0.1, 0.15) is 38.5 Å². The van der Waals surface area contributed by atoms with E-state index in [1.807, 2.05) is 12.1 Å². The van der Waals surface area contributed by atoms with Gasteiger partial charge in [0.15, 0.2) is 11.5 Å². The van der Waals surface area contributed by atoms with Gasteiger partial charge in [0.2, 0.25) is 0 Å². The number of hydrogen-bond donors (Lipinski definition) is 1. The molecule has 0 saturated carbocycles. The molecule has 0 aliphatic carbocycles. The van der Waals surface area contributed by atoms with E-state index in [1.165, 1.54) is 32.4 Å². The third kappa shape index (κ3) is 5.17. The number of pyridine rings is 1. The van der Waals surface area contributed by atoms with E-state index in [0.29, 0.717) is 6.61 Å². The van der Waals surface area contributed by atoms with Gasteiger partial charge in [-0.25, -0.2) is 4.98 Å². The molecule has 2 aliphatic rings. The molecule has 5 rings (SSSR count). The third-order valence-electron chi connectivity index (χ3n) is 6.82. The van der Waals surface area contributed by atoms with Gasteiger partial charge in [-0.1, -0.05) is 18.2 Å². The lowest BCUT2D eigenvalue weighted by molar-refractivity contribution is 0.0248.